The van der Waals surface area contributed by atoms with Crippen LogP contribution in [0.1, 0.15) is 51.6 Å². The lowest BCUT2D eigenvalue weighted by Crippen LogP contribution is -2.35. The van der Waals surface area contributed by atoms with Crippen LogP contribution in [0.15, 0.2) is 30.3 Å². The highest BCUT2D eigenvalue weighted by Crippen LogP contribution is 2.20. The van der Waals surface area contributed by atoms with E-state index >= 15 is 0 Å². The molecule has 4 nitrogen and oxygen atoms in total. The lowest BCUT2D eigenvalue weighted by molar-refractivity contribution is 0.0500. The van der Waals surface area contributed by atoms with Gasteiger partial charge in [0.25, 0.3) is 0 Å². The molecule has 1 amide bonds. The van der Waals surface area contributed by atoms with Crippen molar-refractivity contribution in [2.75, 3.05) is 0 Å². The lowest BCUT2D eigenvalue weighted by Gasteiger charge is -2.23. The van der Waals surface area contributed by atoms with Crippen LogP contribution in [0.3, 0.4) is 0 Å². The normalized spacial score (nSPS) is 12.3. The van der Waals surface area contributed by atoms with Gasteiger partial charge in [-0.2, -0.15) is 5.26 Å². The van der Waals surface area contributed by atoms with Gasteiger partial charge in [0, 0.05) is 6.42 Å². The number of nitrogens with one attached hydrogen (secondary N) is 1. The van der Waals surface area contributed by atoms with Crippen molar-refractivity contribution in [2.24, 2.45) is 0 Å². The van der Waals surface area contributed by atoms with Gasteiger partial charge in [0.2, 0.25) is 0 Å². The van der Waals surface area contributed by atoms with E-state index in [2.05, 4.69) is 11.4 Å². The average molecular weight is 274 g/mol. The number of alkyl carbamates (subject to hydrolysis) is 1. The number of unbranched alkanes of at least 4 members (excludes halogenated alkanes) is 1. The fraction of sp³-hybridized carbons (Fsp3) is 0.500. The van der Waals surface area contributed by atoms with Gasteiger partial charge in [-0.15, -0.1) is 0 Å². The fourth-order valence-electron chi connectivity index (χ4n) is 1.84. The molecule has 0 radical (unpaired) electrons. The number of amides is 1. The van der Waals surface area contributed by atoms with Gasteiger partial charge < -0.3 is 10.1 Å². The topological polar surface area (TPSA) is 62.1 Å². The van der Waals surface area contributed by atoms with Crippen molar-refractivity contribution in [1.29, 1.82) is 5.26 Å². The molecule has 0 spiro atoms. The largest absolute Gasteiger partial charge is 0.444 e. The Morgan fingerprint density at radius 1 is 1.35 bits per heavy atom. The number of rotatable bonds is 5. The highest BCUT2D eigenvalue weighted by molar-refractivity contribution is 5.68. The Labute approximate surface area is 120 Å². The SMILES string of the molecule is CC(C)(C)OC(=O)NC(CCCC#N)c1ccccc1. The Balaban J connectivity index is 2.68. The Morgan fingerprint density at radius 2 is 2.00 bits per heavy atom. The lowest BCUT2D eigenvalue weighted by atomic mass is 10.0. The molecule has 0 aliphatic rings. The molecule has 0 fully saturated rings. The van der Waals surface area contributed by atoms with Gasteiger partial charge in [-0.05, 0) is 39.2 Å². The van der Waals surface area contributed by atoms with Crippen LogP contribution in [0.2, 0.25) is 0 Å². The van der Waals surface area contributed by atoms with Crippen LogP contribution in [-0.4, -0.2) is 11.7 Å². The predicted octanol–water partition coefficient (Wildman–Crippen LogP) is 3.95. The second-order valence-electron chi connectivity index (χ2n) is 5.66. The standard InChI is InChI=1S/C16H22N2O2/c1-16(2,3)20-15(19)18-14(11-7-8-12-17)13-9-5-4-6-10-13/h4-6,9-10,14H,7-8,11H2,1-3H3,(H,18,19). The van der Waals surface area contributed by atoms with Crippen molar-refractivity contribution in [2.45, 2.75) is 51.7 Å². The third-order valence-corrected chi connectivity index (χ3v) is 2.67. The Morgan fingerprint density at radius 3 is 2.55 bits per heavy atom. The summed E-state index contributed by atoms with van der Waals surface area (Å²) in [4.78, 5) is 11.9. The van der Waals surface area contributed by atoms with Crippen molar-refractivity contribution in [1.82, 2.24) is 5.32 Å². The summed E-state index contributed by atoms with van der Waals surface area (Å²) in [5.41, 5.74) is 0.508. The summed E-state index contributed by atoms with van der Waals surface area (Å²) in [6.45, 7) is 5.50. The number of hydrogen-bond donors (Lipinski definition) is 1. The van der Waals surface area contributed by atoms with Crippen LogP contribution in [0.25, 0.3) is 0 Å². The van der Waals surface area contributed by atoms with E-state index in [0.717, 1.165) is 18.4 Å². The number of nitriles is 1. The monoisotopic (exact) mass is 274 g/mol. The third-order valence-electron chi connectivity index (χ3n) is 2.67. The molecule has 108 valence electrons. The first kappa shape index (κ1) is 16.0. The van der Waals surface area contributed by atoms with Crippen LogP contribution in [0.5, 0.6) is 0 Å². The van der Waals surface area contributed by atoms with Gasteiger partial charge in [0.1, 0.15) is 5.60 Å². The average Bonchev–Trinajstić information content (AvgIpc) is 2.37. The quantitative estimate of drug-likeness (QED) is 0.827. The van der Waals surface area contributed by atoms with Crippen molar-refractivity contribution in [3.8, 4) is 6.07 Å². The van der Waals surface area contributed by atoms with Gasteiger partial charge in [0.05, 0.1) is 12.1 Å². The van der Waals surface area contributed by atoms with Crippen molar-refractivity contribution in [3.05, 3.63) is 35.9 Å². The van der Waals surface area contributed by atoms with E-state index < -0.39 is 11.7 Å². The first-order valence-corrected chi connectivity index (χ1v) is 6.84. The molecule has 1 N–H and O–H groups in total. The fourth-order valence-corrected chi connectivity index (χ4v) is 1.84. The number of nitrogens with zero attached hydrogens (tertiary/aromatic N) is 1. The maximum absolute atomic E-state index is 11.9. The Bertz CT molecular complexity index is 458. The van der Waals surface area contributed by atoms with Gasteiger partial charge in [-0.1, -0.05) is 30.3 Å². The zero-order chi connectivity index (χ0) is 15.0. The molecule has 0 saturated carbocycles. The second-order valence-corrected chi connectivity index (χ2v) is 5.66. The van der Waals surface area contributed by atoms with E-state index in [1.807, 2.05) is 51.1 Å². The maximum Gasteiger partial charge on any atom is 0.408 e. The molecule has 0 aliphatic carbocycles. The van der Waals surface area contributed by atoms with Crippen LogP contribution < -0.4 is 5.32 Å². The van der Waals surface area contributed by atoms with Gasteiger partial charge in [-0.3, -0.25) is 0 Å². The molecule has 0 aromatic heterocycles. The summed E-state index contributed by atoms with van der Waals surface area (Å²) in [6, 6.07) is 11.7. The summed E-state index contributed by atoms with van der Waals surface area (Å²) < 4.78 is 5.28. The summed E-state index contributed by atoms with van der Waals surface area (Å²) in [5, 5.41) is 11.5. The molecule has 4 heteroatoms. The zero-order valence-electron chi connectivity index (χ0n) is 12.3. The highest BCUT2D eigenvalue weighted by atomic mass is 16.6. The number of benzene rings is 1. The molecule has 1 aromatic carbocycles. The van der Waals surface area contributed by atoms with E-state index in [1.165, 1.54) is 0 Å². The van der Waals surface area contributed by atoms with Gasteiger partial charge in [-0.25, -0.2) is 4.79 Å². The summed E-state index contributed by atoms with van der Waals surface area (Å²) in [5.74, 6) is 0. The van der Waals surface area contributed by atoms with Gasteiger partial charge >= 0.3 is 6.09 Å². The Hall–Kier alpha value is -2.02. The number of ether oxygens (including phenoxy) is 1. The zero-order valence-corrected chi connectivity index (χ0v) is 12.3. The first-order valence-electron chi connectivity index (χ1n) is 6.84. The van der Waals surface area contributed by atoms with Crippen LogP contribution in [-0.2, 0) is 4.74 Å². The number of carbonyl (C=O) groups is 1. The minimum absolute atomic E-state index is 0.126. The maximum atomic E-state index is 11.9. The number of carbonyl (C=O) groups excluding carboxylic acids is 1. The summed E-state index contributed by atoms with van der Waals surface area (Å²) >= 11 is 0. The van der Waals surface area contributed by atoms with E-state index in [1.54, 1.807) is 0 Å². The molecular formula is C16H22N2O2. The van der Waals surface area contributed by atoms with Gasteiger partial charge in [0.15, 0.2) is 0 Å². The van der Waals surface area contributed by atoms with Crippen LogP contribution >= 0.6 is 0 Å². The molecule has 1 atom stereocenters. The summed E-state index contributed by atoms with van der Waals surface area (Å²) in [6.07, 6.45) is 1.52. The molecule has 0 aliphatic heterocycles. The molecule has 1 rings (SSSR count). The molecule has 0 saturated heterocycles. The second kappa shape index (κ2) is 7.54. The predicted molar refractivity (Wildman–Crippen MR) is 78.0 cm³/mol. The molecular weight excluding hydrogens is 252 g/mol. The van der Waals surface area contributed by atoms with Crippen molar-refractivity contribution in [3.63, 3.8) is 0 Å². The molecule has 0 bridgehead atoms. The van der Waals surface area contributed by atoms with E-state index in [9.17, 15) is 4.79 Å². The molecule has 1 aromatic rings. The molecule has 20 heavy (non-hydrogen) atoms. The highest BCUT2D eigenvalue weighted by Gasteiger charge is 2.20. The minimum Gasteiger partial charge on any atom is -0.444 e. The first-order chi connectivity index (χ1) is 9.42. The number of hydrogen-bond acceptors (Lipinski definition) is 3. The molecule has 1 unspecified atom stereocenters. The third kappa shape index (κ3) is 6.24. The van der Waals surface area contributed by atoms with Crippen molar-refractivity contribution < 1.29 is 9.53 Å². The van der Waals surface area contributed by atoms with E-state index in [0.29, 0.717) is 6.42 Å². The summed E-state index contributed by atoms with van der Waals surface area (Å²) in [7, 11) is 0. The smallest absolute Gasteiger partial charge is 0.408 e. The van der Waals surface area contributed by atoms with E-state index in [-0.39, 0.29) is 6.04 Å². The van der Waals surface area contributed by atoms with Crippen molar-refractivity contribution >= 4 is 6.09 Å². The van der Waals surface area contributed by atoms with E-state index in [4.69, 9.17) is 10.00 Å². The van der Waals surface area contributed by atoms with Crippen LogP contribution in [0, 0.1) is 11.3 Å². The Kier molecular flexibility index (Phi) is 6.05. The minimum atomic E-state index is -0.516. The van der Waals surface area contributed by atoms with Crippen LogP contribution in [0.4, 0.5) is 4.79 Å². The molecule has 0 heterocycles.